The second-order valence-corrected chi connectivity index (χ2v) is 16.0. The van der Waals surface area contributed by atoms with Crippen LogP contribution in [0.15, 0.2) is 180 Å². The highest BCUT2D eigenvalue weighted by Crippen LogP contribution is 2.41. The molecule has 0 aliphatic rings. The maximum absolute atomic E-state index is 9.71. The van der Waals surface area contributed by atoms with E-state index in [0.717, 1.165) is 53.4 Å². The monoisotopic (exact) mass is 769 g/mol. The van der Waals surface area contributed by atoms with Crippen LogP contribution in [0.4, 0.5) is 0 Å². The average Bonchev–Trinajstić information content (AvgIpc) is 4.03. The third-order valence-electron chi connectivity index (χ3n) is 10.4. The third kappa shape index (κ3) is 5.37. The molecule has 0 N–H and O–H groups in total. The van der Waals surface area contributed by atoms with Gasteiger partial charge in [0, 0.05) is 67.8 Å². The molecule has 4 nitrogen and oxygen atoms in total. The Hall–Kier alpha value is -6.99. The lowest BCUT2D eigenvalue weighted by molar-refractivity contribution is 0.669. The number of para-hydroxylation sites is 1. The van der Waals surface area contributed by atoms with Crippen LogP contribution in [-0.4, -0.2) is 15.0 Å². The molecule has 0 fully saturated rings. The molecule has 0 unspecified atom stereocenters. The molecule has 0 aliphatic heterocycles. The highest BCUT2D eigenvalue weighted by molar-refractivity contribution is 7.26. The van der Waals surface area contributed by atoms with Gasteiger partial charge in [-0.1, -0.05) is 133 Å². The Balaban J connectivity index is 1.08. The van der Waals surface area contributed by atoms with Crippen molar-refractivity contribution in [1.29, 1.82) is 0 Å². The molecule has 266 valence electrons. The molecule has 0 aliphatic carbocycles. The minimum absolute atomic E-state index is 0.0122. The molecule has 4 heterocycles. The van der Waals surface area contributed by atoms with Crippen molar-refractivity contribution in [3.05, 3.63) is 176 Å². The van der Waals surface area contributed by atoms with Gasteiger partial charge in [0.05, 0.1) is 8.22 Å². The standard InChI is InChI=1S/C51H29N3OS2/c1-2-9-30(10-3-1)31-17-19-32(20-18-31)49-52-50(54-51(53-49)40-13-8-15-43-48(40)39-12-4-6-14-42(39)55-43)35-22-25-38-41-27-33(23-26-45(41)57-47(38)29-35)34-21-24-37-36-11-5-7-16-44(36)56-46(37)28-34/h1-29H/i22D,23D,25D,26D,27D,29D. The van der Waals surface area contributed by atoms with Crippen molar-refractivity contribution in [1.82, 2.24) is 15.0 Å². The van der Waals surface area contributed by atoms with Crippen molar-refractivity contribution in [3.63, 3.8) is 0 Å². The van der Waals surface area contributed by atoms with Crippen LogP contribution in [0.5, 0.6) is 0 Å². The van der Waals surface area contributed by atoms with E-state index in [1.54, 1.807) is 11.3 Å². The Labute approximate surface area is 343 Å². The Morgan fingerprint density at radius 2 is 1.05 bits per heavy atom. The molecule has 0 amide bonds. The van der Waals surface area contributed by atoms with E-state index >= 15 is 0 Å². The predicted molar refractivity (Wildman–Crippen MR) is 240 cm³/mol. The van der Waals surface area contributed by atoms with E-state index in [1.165, 1.54) is 0 Å². The number of hydrogen-bond donors (Lipinski definition) is 0. The number of nitrogens with zero attached hydrogens (tertiary/aromatic N) is 3. The van der Waals surface area contributed by atoms with E-state index in [0.29, 0.717) is 48.9 Å². The zero-order chi connectivity index (χ0) is 42.7. The van der Waals surface area contributed by atoms with Crippen LogP contribution in [0.1, 0.15) is 8.22 Å². The molecule has 57 heavy (non-hydrogen) atoms. The first kappa shape index (κ1) is 26.8. The van der Waals surface area contributed by atoms with Gasteiger partial charge in [0.15, 0.2) is 17.5 Å². The number of aromatic nitrogens is 3. The Morgan fingerprint density at radius 1 is 0.386 bits per heavy atom. The van der Waals surface area contributed by atoms with Gasteiger partial charge in [0.2, 0.25) is 0 Å². The number of rotatable bonds is 5. The first-order chi connectivity index (χ1) is 30.7. The molecule has 8 aromatic carbocycles. The topological polar surface area (TPSA) is 51.8 Å². The van der Waals surface area contributed by atoms with Crippen molar-refractivity contribution in [2.75, 3.05) is 0 Å². The second kappa shape index (κ2) is 12.8. The minimum atomic E-state index is -0.282. The highest BCUT2D eigenvalue weighted by atomic mass is 32.1. The summed E-state index contributed by atoms with van der Waals surface area (Å²) < 4.78 is 65.7. The third-order valence-corrected chi connectivity index (χ3v) is 12.6. The fourth-order valence-corrected chi connectivity index (χ4v) is 9.78. The molecule has 0 saturated carbocycles. The van der Waals surface area contributed by atoms with E-state index in [-0.39, 0.29) is 64.0 Å². The van der Waals surface area contributed by atoms with Crippen LogP contribution in [0, 0.1) is 0 Å². The zero-order valence-electron chi connectivity index (χ0n) is 35.8. The Kier molecular flexibility index (Phi) is 6.00. The van der Waals surface area contributed by atoms with E-state index in [1.807, 2.05) is 127 Å². The minimum Gasteiger partial charge on any atom is -0.456 e. The molecule has 12 aromatic rings. The second-order valence-electron chi connectivity index (χ2n) is 13.8. The van der Waals surface area contributed by atoms with Crippen molar-refractivity contribution >= 4 is 85.0 Å². The quantitative estimate of drug-likeness (QED) is 0.175. The lowest BCUT2D eigenvalue weighted by atomic mass is 10.0. The number of hydrogen-bond acceptors (Lipinski definition) is 6. The van der Waals surface area contributed by atoms with E-state index < -0.39 is 0 Å². The predicted octanol–water partition coefficient (Wildman–Crippen LogP) is 14.8. The van der Waals surface area contributed by atoms with E-state index in [4.69, 9.17) is 19.4 Å². The van der Waals surface area contributed by atoms with Crippen LogP contribution in [0.25, 0.3) is 119 Å². The van der Waals surface area contributed by atoms with Crippen LogP contribution in [0.3, 0.4) is 0 Å². The van der Waals surface area contributed by atoms with Gasteiger partial charge in [-0.25, -0.2) is 15.0 Å². The van der Waals surface area contributed by atoms with Gasteiger partial charge in [0.25, 0.3) is 0 Å². The Morgan fingerprint density at radius 3 is 1.95 bits per heavy atom. The van der Waals surface area contributed by atoms with Gasteiger partial charge in [-0.15, -0.1) is 22.7 Å². The van der Waals surface area contributed by atoms with Crippen molar-refractivity contribution in [3.8, 4) is 56.4 Å². The van der Waals surface area contributed by atoms with Crippen molar-refractivity contribution in [2.24, 2.45) is 0 Å². The molecule has 0 spiro atoms. The highest BCUT2D eigenvalue weighted by Gasteiger charge is 2.19. The summed E-state index contributed by atoms with van der Waals surface area (Å²) in [4.78, 5) is 14.9. The van der Waals surface area contributed by atoms with Gasteiger partial charge < -0.3 is 4.42 Å². The van der Waals surface area contributed by atoms with E-state index in [2.05, 4.69) is 12.1 Å². The molecule has 0 bridgehead atoms. The maximum Gasteiger partial charge on any atom is 0.164 e. The summed E-state index contributed by atoms with van der Waals surface area (Å²) in [5.74, 6) is 0.676. The van der Waals surface area contributed by atoms with Crippen molar-refractivity contribution < 1.29 is 12.6 Å². The summed E-state index contributed by atoms with van der Waals surface area (Å²) in [7, 11) is 0. The normalized spacial score (nSPS) is 13.3. The molecular weight excluding hydrogens is 735 g/mol. The molecular formula is C51H29N3OS2. The smallest absolute Gasteiger partial charge is 0.164 e. The summed E-state index contributed by atoms with van der Waals surface area (Å²) in [6.45, 7) is 0. The first-order valence-electron chi connectivity index (χ1n) is 21.4. The number of thiophene rings is 2. The lowest BCUT2D eigenvalue weighted by Crippen LogP contribution is -2.00. The van der Waals surface area contributed by atoms with E-state index in [9.17, 15) is 8.22 Å². The van der Waals surface area contributed by atoms with Crippen LogP contribution >= 0.6 is 22.7 Å². The van der Waals surface area contributed by atoms with Gasteiger partial charge in [-0.3, -0.25) is 0 Å². The number of fused-ring (bicyclic) bond motifs is 9. The van der Waals surface area contributed by atoms with Crippen LogP contribution < -0.4 is 0 Å². The summed E-state index contributed by atoms with van der Waals surface area (Å²) >= 11 is 2.72. The van der Waals surface area contributed by atoms with Gasteiger partial charge in [-0.2, -0.15) is 0 Å². The maximum atomic E-state index is 9.71. The lowest BCUT2D eigenvalue weighted by Gasteiger charge is -2.10. The summed E-state index contributed by atoms with van der Waals surface area (Å²) in [5, 5.41) is 4.43. The summed E-state index contributed by atoms with van der Waals surface area (Å²) in [6.07, 6.45) is 0. The van der Waals surface area contributed by atoms with Gasteiger partial charge >= 0.3 is 0 Å². The number of furan rings is 1. The SMILES string of the molecule is [2H]c1c(-c2ccc3c(c2)sc2ccccc23)c([2H])c2c(sc3c([2H])c(-c4nc(-c5ccc(-c6ccccc6)cc5)nc(-c5cccc6oc7ccccc7c56)n4)c([2H])c([2H])c32)c1[2H]. The number of benzene rings is 8. The zero-order valence-corrected chi connectivity index (χ0v) is 31.5. The molecule has 0 radical (unpaired) electrons. The van der Waals surface area contributed by atoms with Crippen LogP contribution in [-0.2, 0) is 0 Å². The summed E-state index contributed by atoms with van der Waals surface area (Å²) in [5.41, 5.74) is 5.75. The average molecular weight is 770 g/mol. The molecule has 0 saturated heterocycles. The van der Waals surface area contributed by atoms with Crippen molar-refractivity contribution in [2.45, 2.75) is 0 Å². The van der Waals surface area contributed by atoms with Crippen LogP contribution in [0.2, 0.25) is 0 Å². The molecule has 12 rings (SSSR count). The fraction of sp³-hybridized carbons (Fsp3) is 0. The van der Waals surface area contributed by atoms with Gasteiger partial charge in [0.1, 0.15) is 11.2 Å². The summed E-state index contributed by atoms with van der Waals surface area (Å²) in [6, 6.07) is 44.6. The largest absolute Gasteiger partial charge is 0.456 e. The Bertz CT molecular complexity index is 3880. The fourth-order valence-electron chi connectivity index (χ4n) is 7.67. The molecule has 6 heteroatoms. The van der Waals surface area contributed by atoms with Gasteiger partial charge in [-0.05, 0) is 64.6 Å². The molecule has 4 aromatic heterocycles. The molecule has 0 atom stereocenters. The first-order valence-corrected chi connectivity index (χ1v) is 20.1.